The number of aromatic amines is 1. The summed E-state index contributed by atoms with van der Waals surface area (Å²) in [6.45, 7) is 3.77. The highest BCUT2D eigenvalue weighted by Crippen LogP contribution is 2.26. The molecule has 0 radical (unpaired) electrons. The minimum atomic E-state index is -0.301. The lowest BCUT2D eigenvalue weighted by Crippen LogP contribution is -1.97. The molecule has 0 bridgehead atoms. The average Bonchev–Trinajstić information content (AvgIpc) is 2.71. The molecular formula is C13H13NO3. The second-order valence-electron chi connectivity index (χ2n) is 3.94. The highest BCUT2D eigenvalue weighted by molar-refractivity contribution is 5.98. The highest BCUT2D eigenvalue weighted by Gasteiger charge is 2.12. The van der Waals surface area contributed by atoms with Gasteiger partial charge < -0.3 is 9.72 Å². The first-order valence-corrected chi connectivity index (χ1v) is 5.34. The van der Waals surface area contributed by atoms with Gasteiger partial charge >= 0.3 is 0 Å². The Morgan fingerprint density at radius 3 is 2.88 bits per heavy atom. The molecule has 2 aromatic rings. The molecule has 1 heterocycles. The van der Waals surface area contributed by atoms with Crippen molar-refractivity contribution in [2.45, 2.75) is 20.0 Å². The number of Topliss-reactive ketones (excluding diaryl/α,β-unsaturated/α-hetero) is 1. The SMILES string of the molecule is CC(=O)c1ccc2c(C(C)OC=O)c[nH]c2c1. The normalized spacial score (nSPS) is 12.4. The molecule has 1 N–H and O–H groups in total. The Bertz CT molecular complexity index is 571. The van der Waals surface area contributed by atoms with Gasteiger partial charge in [0.25, 0.3) is 6.47 Å². The fraction of sp³-hybridized carbons (Fsp3) is 0.231. The minimum absolute atomic E-state index is 0.0280. The van der Waals surface area contributed by atoms with Crippen LogP contribution in [0.2, 0.25) is 0 Å². The summed E-state index contributed by atoms with van der Waals surface area (Å²) in [7, 11) is 0. The minimum Gasteiger partial charge on any atom is -0.460 e. The lowest BCUT2D eigenvalue weighted by atomic mass is 10.1. The largest absolute Gasteiger partial charge is 0.460 e. The number of hydrogen-bond donors (Lipinski definition) is 1. The second kappa shape index (κ2) is 4.41. The van der Waals surface area contributed by atoms with E-state index in [4.69, 9.17) is 4.74 Å². The molecule has 0 aliphatic carbocycles. The van der Waals surface area contributed by atoms with Crippen molar-refractivity contribution in [1.82, 2.24) is 4.98 Å². The van der Waals surface area contributed by atoms with Crippen LogP contribution < -0.4 is 0 Å². The molecule has 0 saturated heterocycles. The summed E-state index contributed by atoms with van der Waals surface area (Å²) < 4.78 is 4.90. The maximum Gasteiger partial charge on any atom is 0.293 e. The van der Waals surface area contributed by atoms with Crippen LogP contribution in [0.3, 0.4) is 0 Å². The van der Waals surface area contributed by atoms with Crippen molar-refractivity contribution in [2.24, 2.45) is 0 Å². The van der Waals surface area contributed by atoms with Crippen LogP contribution in [0.25, 0.3) is 10.9 Å². The fourth-order valence-corrected chi connectivity index (χ4v) is 1.86. The van der Waals surface area contributed by atoms with Gasteiger partial charge in [-0.3, -0.25) is 9.59 Å². The van der Waals surface area contributed by atoms with Crippen molar-refractivity contribution < 1.29 is 14.3 Å². The number of aromatic nitrogens is 1. The standard InChI is InChI=1S/C13H13NO3/c1-8(16)10-3-4-11-12(9(2)17-7-15)6-14-13(11)5-10/h3-7,9,14H,1-2H3. The smallest absolute Gasteiger partial charge is 0.293 e. The van der Waals surface area contributed by atoms with Gasteiger partial charge in [-0.2, -0.15) is 0 Å². The molecule has 4 nitrogen and oxygen atoms in total. The molecule has 1 aromatic carbocycles. The molecule has 0 spiro atoms. The molecule has 1 aromatic heterocycles. The zero-order valence-electron chi connectivity index (χ0n) is 9.69. The average molecular weight is 231 g/mol. The van der Waals surface area contributed by atoms with Gasteiger partial charge in [0.1, 0.15) is 6.10 Å². The molecule has 1 atom stereocenters. The third-order valence-corrected chi connectivity index (χ3v) is 2.82. The van der Waals surface area contributed by atoms with Crippen LogP contribution in [0.4, 0.5) is 0 Å². The van der Waals surface area contributed by atoms with Gasteiger partial charge in [0.05, 0.1) is 0 Å². The van der Waals surface area contributed by atoms with Crippen molar-refractivity contribution in [3.63, 3.8) is 0 Å². The molecule has 4 heteroatoms. The number of carbonyl (C=O) groups is 2. The summed E-state index contributed by atoms with van der Waals surface area (Å²) in [6.07, 6.45) is 1.49. The van der Waals surface area contributed by atoms with Crippen LogP contribution >= 0.6 is 0 Å². The zero-order chi connectivity index (χ0) is 12.4. The number of ketones is 1. The van der Waals surface area contributed by atoms with E-state index in [9.17, 15) is 9.59 Å². The predicted octanol–water partition coefficient (Wildman–Crippen LogP) is 2.60. The van der Waals surface area contributed by atoms with Gasteiger partial charge in [0, 0.05) is 28.2 Å². The molecule has 17 heavy (non-hydrogen) atoms. The summed E-state index contributed by atoms with van der Waals surface area (Å²) in [5.74, 6) is 0.0280. The quantitative estimate of drug-likeness (QED) is 0.650. The number of benzene rings is 1. The Hall–Kier alpha value is -2.10. The van der Waals surface area contributed by atoms with Crippen LogP contribution in [0.15, 0.2) is 24.4 Å². The summed E-state index contributed by atoms with van der Waals surface area (Å²) in [6, 6.07) is 5.44. The van der Waals surface area contributed by atoms with Crippen molar-refractivity contribution in [1.29, 1.82) is 0 Å². The van der Waals surface area contributed by atoms with Crippen LogP contribution in [0, 0.1) is 0 Å². The van der Waals surface area contributed by atoms with E-state index in [1.807, 2.05) is 6.07 Å². The first-order valence-electron chi connectivity index (χ1n) is 5.34. The molecule has 0 aliphatic heterocycles. The number of carbonyl (C=O) groups excluding carboxylic acids is 2. The molecule has 1 unspecified atom stereocenters. The van der Waals surface area contributed by atoms with Crippen LogP contribution in [0.5, 0.6) is 0 Å². The van der Waals surface area contributed by atoms with Crippen LogP contribution in [-0.4, -0.2) is 17.2 Å². The lowest BCUT2D eigenvalue weighted by Gasteiger charge is -2.07. The van der Waals surface area contributed by atoms with Crippen molar-refractivity contribution in [2.75, 3.05) is 0 Å². The van der Waals surface area contributed by atoms with Crippen LogP contribution in [0.1, 0.15) is 35.9 Å². The molecule has 0 saturated carbocycles. The van der Waals surface area contributed by atoms with Gasteiger partial charge in [-0.1, -0.05) is 12.1 Å². The molecule has 0 fully saturated rings. The Labute approximate surface area is 98.6 Å². The zero-order valence-corrected chi connectivity index (χ0v) is 9.69. The number of fused-ring (bicyclic) bond motifs is 1. The van der Waals surface area contributed by atoms with E-state index in [2.05, 4.69) is 4.98 Å². The molecular weight excluding hydrogens is 218 g/mol. The van der Waals surface area contributed by atoms with E-state index in [0.717, 1.165) is 16.5 Å². The number of hydrogen-bond acceptors (Lipinski definition) is 3. The Morgan fingerprint density at radius 1 is 1.47 bits per heavy atom. The molecule has 88 valence electrons. The highest BCUT2D eigenvalue weighted by atomic mass is 16.5. The number of H-pyrrole nitrogens is 1. The molecule has 0 amide bonds. The maximum absolute atomic E-state index is 11.2. The van der Waals surface area contributed by atoms with E-state index >= 15 is 0 Å². The van der Waals surface area contributed by atoms with Gasteiger partial charge in [-0.15, -0.1) is 0 Å². The third kappa shape index (κ3) is 2.06. The molecule has 2 rings (SSSR count). The van der Waals surface area contributed by atoms with E-state index < -0.39 is 0 Å². The van der Waals surface area contributed by atoms with E-state index in [-0.39, 0.29) is 11.9 Å². The topological polar surface area (TPSA) is 59.2 Å². The van der Waals surface area contributed by atoms with Crippen LogP contribution in [-0.2, 0) is 9.53 Å². The van der Waals surface area contributed by atoms with Crippen molar-refractivity contribution >= 4 is 23.2 Å². The predicted molar refractivity (Wildman–Crippen MR) is 63.9 cm³/mol. The Balaban J connectivity index is 2.48. The fourth-order valence-electron chi connectivity index (χ4n) is 1.86. The summed E-state index contributed by atoms with van der Waals surface area (Å²) in [4.78, 5) is 24.6. The Morgan fingerprint density at radius 2 is 2.24 bits per heavy atom. The van der Waals surface area contributed by atoms with E-state index in [0.29, 0.717) is 12.0 Å². The maximum atomic E-state index is 11.2. The third-order valence-electron chi connectivity index (χ3n) is 2.82. The monoisotopic (exact) mass is 231 g/mol. The van der Waals surface area contributed by atoms with Crippen molar-refractivity contribution in [3.05, 3.63) is 35.5 Å². The van der Waals surface area contributed by atoms with Crippen molar-refractivity contribution in [3.8, 4) is 0 Å². The first kappa shape index (κ1) is 11.4. The van der Waals surface area contributed by atoms with E-state index in [1.165, 1.54) is 6.92 Å². The number of ether oxygens (including phenoxy) is 1. The summed E-state index contributed by atoms with van der Waals surface area (Å²) in [5, 5.41) is 0.962. The lowest BCUT2D eigenvalue weighted by molar-refractivity contribution is -0.133. The Kier molecular flexibility index (Phi) is 2.95. The number of rotatable bonds is 4. The van der Waals surface area contributed by atoms with Gasteiger partial charge in [0.2, 0.25) is 0 Å². The number of nitrogens with one attached hydrogen (secondary N) is 1. The summed E-state index contributed by atoms with van der Waals surface area (Å²) in [5.41, 5.74) is 2.44. The molecule has 0 aliphatic rings. The first-order chi connectivity index (χ1) is 8.13. The van der Waals surface area contributed by atoms with Gasteiger partial charge in [0.15, 0.2) is 5.78 Å². The van der Waals surface area contributed by atoms with Gasteiger partial charge in [-0.25, -0.2) is 0 Å². The van der Waals surface area contributed by atoms with Gasteiger partial charge in [-0.05, 0) is 19.9 Å². The summed E-state index contributed by atoms with van der Waals surface area (Å²) >= 11 is 0. The second-order valence-corrected chi connectivity index (χ2v) is 3.94. The van der Waals surface area contributed by atoms with E-state index in [1.54, 1.807) is 25.3 Å².